The summed E-state index contributed by atoms with van der Waals surface area (Å²) in [5, 5.41) is 0. The van der Waals surface area contributed by atoms with E-state index >= 15 is 0 Å². The zero-order valence-electron chi connectivity index (χ0n) is 17.7. The smallest absolute Gasteiger partial charge is 0.339 e. The highest BCUT2D eigenvalue weighted by Gasteiger charge is 2.29. The van der Waals surface area contributed by atoms with E-state index in [0.29, 0.717) is 24.8 Å². The number of methoxy groups -OCH3 is 1. The van der Waals surface area contributed by atoms with Crippen LogP contribution in [-0.2, 0) is 21.5 Å². The van der Waals surface area contributed by atoms with Crippen molar-refractivity contribution in [3.05, 3.63) is 54.1 Å². The van der Waals surface area contributed by atoms with E-state index in [9.17, 15) is 13.2 Å². The minimum Gasteiger partial charge on any atom is -0.497 e. The first kappa shape index (κ1) is 22.2. The lowest BCUT2D eigenvalue weighted by molar-refractivity contribution is -0.139. The molecule has 0 saturated heterocycles. The van der Waals surface area contributed by atoms with Crippen molar-refractivity contribution in [2.75, 3.05) is 13.7 Å². The minimum atomic E-state index is -3.93. The number of carbonyl (C=O) groups excluding carboxylic acids is 1. The summed E-state index contributed by atoms with van der Waals surface area (Å²) >= 11 is 0. The fourth-order valence-corrected chi connectivity index (χ4v) is 4.30. The first-order valence-corrected chi connectivity index (χ1v) is 11.7. The molecule has 0 N–H and O–H groups in total. The lowest BCUT2D eigenvalue weighted by Crippen LogP contribution is -2.40. The summed E-state index contributed by atoms with van der Waals surface area (Å²) in [6.45, 7) is 5.42. The monoisotopic (exact) mass is 431 g/mol. The van der Waals surface area contributed by atoms with Gasteiger partial charge in [0.05, 0.1) is 7.11 Å². The van der Waals surface area contributed by atoms with Gasteiger partial charge in [-0.15, -0.1) is 0 Å². The predicted octanol–water partition coefficient (Wildman–Crippen LogP) is 4.25. The summed E-state index contributed by atoms with van der Waals surface area (Å²) in [6.07, 6.45) is 3.08. The molecule has 0 bridgehead atoms. The molecule has 7 heteroatoms. The number of benzene rings is 2. The Bertz CT molecular complexity index is 948. The molecule has 1 saturated carbocycles. The predicted molar refractivity (Wildman–Crippen MR) is 115 cm³/mol. The Kier molecular flexibility index (Phi) is 7.02. The van der Waals surface area contributed by atoms with Crippen molar-refractivity contribution in [3.8, 4) is 11.5 Å². The highest BCUT2D eigenvalue weighted by atomic mass is 32.2. The van der Waals surface area contributed by atoms with Crippen LogP contribution in [0.4, 0.5) is 0 Å². The fraction of sp³-hybridized carbons (Fsp3) is 0.435. The van der Waals surface area contributed by atoms with Gasteiger partial charge in [0.2, 0.25) is 5.91 Å². The molecule has 1 fully saturated rings. The molecule has 0 atom stereocenters. The Morgan fingerprint density at radius 1 is 1.03 bits per heavy atom. The molecule has 30 heavy (non-hydrogen) atoms. The third-order valence-electron chi connectivity index (χ3n) is 5.20. The number of rotatable bonds is 9. The maximum absolute atomic E-state index is 12.7. The minimum absolute atomic E-state index is 0.0570. The zero-order chi connectivity index (χ0) is 21.7. The summed E-state index contributed by atoms with van der Waals surface area (Å²) < 4.78 is 35.2. The van der Waals surface area contributed by atoms with Gasteiger partial charge >= 0.3 is 10.1 Å². The standard InChI is InChI=1S/C23H29NO5S/c1-17(2)15-24(23(25)19-5-4-6-19)16-18-7-9-21(10-8-18)29-30(26,27)22-13-11-20(28-3)12-14-22/h7-14,17,19H,4-6,15-16H2,1-3H3. The molecule has 1 amide bonds. The van der Waals surface area contributed by atoms with Crippen LogP contribution in [0, 0.1) is 11.8 Å². The molecule has 0 unspecified atom stereocenters. The van der Waals surface area contributed by atoms with Crippen molar-refractivity contribution < 1.29 is 22.1 Å². The summed E-state index contributed by atoms with van der Waals surface area (Å²) in [5.41, 5.74) is 0.942. The molecule has 1 aliphatic rings. The van der Waals surface area contributed by atoms with Crippen molar-refractivity contribution in [1.29, 1.82) is 0 Å². The third-order valence-corrected chi connectivity index (χ3v) is 6.46. The Morgan fingerprint density at radius 2 is 1.63 bits per heavy atom. The van der Waals surface area contributed by atoms with E-state index < -0.39 is 10.1 Å². The van der Waals surface area contributed by atoms with Crippen molar-refractivity contribution in [3.63, 3.8) is 0 Å². The molecule has 0 radical (unpaired) electrons. The van der Waals surface area contributed by atoms with Gasteiger partial charge in [-0.3, -0.25) is 4.79 Å². The van der Waals surface area contributed by atoms with E-state index in [1.165, 1.54) is 19.2 Å². The molecule has 6 nitrogen and oxygen atoms in total. The SMILES string of the molecule is COc1ccc(S(=O)(=O)Oc2ccc(CN(CC(C)C)C(=O)C3CCC3)cc2)cc1. The second-order valence-electron chi connectivity index (χ2n) is 8.10. The third kappa shape index (κ3) is 5.53. The molecule has 2 aromatic rings. The molecular formula is C23H29NO5S. The topological polar surface area (TPSA) is 72.9 Å². The van der Waals surface area contributed by atoms with E-state index in [4.69, 9.17) is 8.92 Å². The van der Waals surface area contributed by atoms with Crippen molar-refractivity contribution >= 4 is 16.0 Å². The molecule has 1 aliphatic carbocycles. The number of carbonyl (C=O) groups is 1. The molecule has 2 aromatic carbocycles. The van der Waals surface area contributed by atoms with Crippen molar-refractivity contribution in [1.82, 2.24) is 4.90 Å². The zero-order valence-corrected chi connectivity index (χ0v) is 18.5. The van der Waals surface area contributed by atoms with Crippen LogP contribution in [0.15, 0.2) is 53.4 Å². The van der Waals surface area contributed by atoms with E-state index in [0.717, 1.165) is 24.8 Å². The van der Waals surface area contributed by atoms with Crippen LogP contribution in [0.5, 0.6) is 11.5 Å². The molecule has 0 aromatic heterocycles. The molecular weight excluding hydrogens is 402 g/mol. The van der Waals surface area contributed by atoms with Gasteiger partial charge in [0.25, 0.3) is 0 Å². The van der Waals surface area contributed by atoms with Gasteiger partial charge in [-0.2, -0.15) is 8.42 Å². The van der Waals surface area contributed by atoms with E-state index in [1.807, 2.05) is 4.90 Å². The van der Waals surface area contributed by atoms with Gasteiger partial charge in [0, 0.05) is 19.0 Å². The summed E-state index contributed by atoms with van der Waals surface area (Å²) in [7, 11) is -2.41. The highest BCUT2D eigenvalue weighted by Crippen LogP contribution is 2.29. The van der Waals surface area contributed by atoms with Crippen LogP contribution in [-0.4, -0.2) is 32.9 Å². The number of amides is 1. The lowest BCUT2D eigenvalue weighted by atomic mass is 9.84. The Labute approximate surface area is 178 Å². The maximum Gasteiger partial charge on any atom is 0.339 e. The van der Waals surface area contributed by atoms with Gasteiger partial charge in [-0.25, -0.2) is 0 Å². The van der Waals surface area contributed by atoms with Crippen molar-refractivity contribution in [2.45, 2.75) is 44.6 Å². The quantitative estimate of drug-likeness (QED) is 0.555. The summed E-state index contributed by atoms with van der Waals surface area (Å²) in [6, 6.07) is 12.9. The second-order valence-corrected chi connectivity index (χ2v) is 9.64. The van der Waals surface area contributed by atoms with Gasteiger partial charge in [0.1, 0.15) is 16.4 Å². The average Bonchev–Trinajstić information content (AvgIpc) is 2.67. The fourth-order valence-electron chi connectivity index (χ4n) is 3.37. The van der Waals surface area contributed by atoms with Gasteiger partial charge in [0.15, 0.2) is 0 Å². The van der Waals surface area contributed by atoms with Crippen molar-refractivity contribution in [2.24, 2.45) is 11.8 Å². The summed E-state index contributed by atoms with van der Waals surface area (Å²) in [5.74, 6) is 1.56. The van der Waals surface area contributed by atoms with Crippen LogP contribution < -0.4 is 8.92 Å². The number of hydrogen-bond donors (Lipinski definition) is 0. The number of nitrogens with zero attached hydrogens (tertiary/aromatic N) is 1. The maximum atomic E-state index is 12.7. The van der Waals surface area contributed by atoms with Gasteiger partial charge < -0.3 is 13.8 Å². The van der Waals surface area contributed by atoms with Crippen LogP contribution in [0.1, 0.15) is 38.7 Å². The number of ether oxygens (including phenoxy) is 1. The first-order valence-electron chi connectivity index (χ1n) is 10.2. The highest BCUT2D eigenvalue weighted by molar-refractivity contribution is 7.87. The van der Waals surface area contributed by atoms with Crippen LogP contribution >= 0.6 is 0 Å². The molecule has 0 aliphatic heterocycles. The van der Waals surface area contributed by atoms with E-state index in [2.05, 4.69) is 13.8 Å². The normalized spacial score (nSPS) is 14.3. The van der Waals surface area contributed by atoms with Crippen LogP contribution in [0.2, 0.25) is 0 Å². The van der Waals surface area contributed by atoms with Crippen LogP contribution in [0.25, 0.3) is 0 Å². The molecule has 0 heterocycles. The van der Waals surface area contributed by atoms with Gasteiger partial charge in [-0.1, -0.05) is 32.4 Å². The van der Waals surface area contributed by atoms with Crippen LogP contribution in [0.3, 0.4) is 0 Å². The Hall–Kier alpha value is -2.54. The first-order chi connectivity index (χ1) is 14.3. The second kappa shape index (κ2) is 9.51. The average molecular weight is 432 g/mol. The Morgan fingerprint density at radius 3 is 2.13 bits per heavy atom. The van der Waals surface area contributed by atoms with E-state index in [1.54, 1.807) is 36.4 Å². The largest absolute Gasteiger partial charge is 0.497 e. The van der Waals surface area contributed by atoms with Gasteiger partial charge in [-0.05, 0) is 60.7 Å². The Balaban J connectivity index is 1.67. The molecule has 162 valence electrons. The summed E-state index contributed by atoms with van der Waals surface area (Å²) in [4.78, 5) is 14.7. The molecule has 3 rings (SSSR count). The number of hydrogen-bond acceptors (Lipinski definition) is 5. The molecule has 0 spiro atoms. The lowest BCUT2D eigenvalue weighted by Gasteiger charge is -2.32. The van der Waals surface area contributed by atoms with E-state index in [-0.39, 0.29) is 22.5 Å².